The first-order valence-corrected chi connectivity index (χ1v) is 8.49. The highest BCUT2D eigenvalue weighted by atomic mass is 32.2. The molecule has 0 saturated carbocycles. The molecule has 0 N–H and O–H groups in total. The van der Waals surface area contributed by atoms with Gasteiger partial charge in [0.05, 0.1) is 22.3 Å². The smallest absolute Gasteiger partial charge is 0.179 e. The zero-order valence-corrected chi connectivity index (χ0v) is 13.2. The molecule has 0 aliphatic rings. The average molecular weight is 294 g/mol. The van der Waals surface area contributed by atoms with E-state index in [4.69, 9.17) is 5.26 Å². The van der Waals surface area contributed by atoms with Crippen molar-refractivity contribution in [3.05, 3.63) is 29.8 Å². The summed E-state index contributed by atoms with van der Waals surface area (Å²) in [5.41, 5.74) is 0.471. The molecule has 1 aromatic carbocycles. The van der Waals surface area contributed by atoms with Crippen LogP contribution in [0.15, 0.2) is 29.2 Å². The topological polar surface area (TPSA) is 61.2 Å². The van der Waals surface area contributed by atoms with Crippen LogP contribution in [-0.4, -0.2) is 38.7 Å². The normalized spacial score (nSPS) is 11.8. The maximum Gasteiger partial charge on any atom is 0.179 e. The lowest BCUT2D eigenvalue weighted by molar-refractivity contribution is 0.270. The summed E-state index contributed by atoms with van der Waals surface area (Å²) in [6.45, 7) is 8.57. The number of hydrogen-bond acceptors (Lipinski definition) is 4. The number of benzene rings is 1. The van der Waals surface area contributed by atoms with Gasteiger partial charge in [-0.05, 0) is 36.7 Å². The van der Waals surface area contributed by atoms with Crippen molar-refractivity contribution in [1.29, 1.82) is 5.26 Å². The molecular formula is C15H22N2O2S. The van der Waals surface area contributed by atoms with Crippen LogP contribution in [0.1, 0.15) is 26.3 Å². The van der Waals surface area contributed by atoms with Gasteiger partial charge in [0.1, 0.15) is 0 Å². The van der Waals surface area contributed by atoms with Crippen molar-refractivity contribution in [3.63, 3.8) is 0 Å². The Morgan fingerprint density at radius 1 is 1.25 bits per heavy atom. The van der Waals surface area contributed by atoms with Crippen molar-refractivity contribution < 1.29 is 8.42 Å². The summed E-state index contributed by atoms with van der Waals surface area (Å²) in [7, 11) is -3.28. The Morgan fingerprint density at radius 2 is 1.85 bits per heavy atom. The van der Waals surface area contributed by atoms with Crippen molar-refractivity contribution in [2.75, 3.05) is 25.4 Å². The van der Waals surface area contributed by atoms with E-state index in [0.29, 0.717) is 18.0 Å². The fourth-order valence-corrected chi connectivity index (χ4v) is 3.28. The van der Waals surface area contributed by atoms with Crippen LogP contribution in [0.2, 0.25) is 0 Å². The monoisotopic (exact) mass is 294 g/mol. The van der Waals surface area contributed by atoms with E-state index >= 15 is 0 Å². The fourth-order valence-electron chi connectivity index (χ4n) is 2.00. The van der Waals surface area contributed by atoms with Gasteiger partial charge in [-0.15, -0.1) is 0 Å². The quantitative estimate of drug-likeness (QED) is 0.774. The highest BCUT2D eigenvalue weighted by molar-refractivity contribution is 7.91. The molecule has 0 bridgehead atoms. The number of hydrogen-bond donors (Lipinski definition) is 0. The number of sulfone groups is 1. The Morgan fingerprint density at radius 3 is 2.30 bits per heavy atom. The van der Waals surface area contributed by atoms with E-state index in [0.717, 1.165) is 13.1 Å². The van der Waals surface area contributed by atoms with Crippen LogP contribution >= 0.6 is 0 Å². The van der Waals surface area contributed by atoms with E-state index in [1.165, 1.54) is 12.1 Å². The molecule has 0 spiro atoms. The lowest BCUT2D eigenvalue weighted by Gasteiger charge is -2.22. The van der Waals surface area contributed by atoms with E-state index < -0.39 is 9.84 Å². The fraction of sp³-hybridized carbons (Fsp3) is 0.533. The predicted molar refractivity (Wildman–Crippen MR) is 80.2 cm³/mol. The van der Waals surface area contributed by atoms with E-state index in [9.17, 15) is 8.42 Å². The van der Waals surface area contributed by atoms with Crippen LogP contribution in [0.5, 0.6) is 0 Å². The lowest BCUT2D eigenvalue weighted by Crippen LogP contribution is -2.32. The van der Waals surface area contributed by atoms with Crippen LogP contribution in [0, 0.1) is 17.2 Å². The molecule has 0 aliphatic carbocycles. The number of rotatable bonds is 7. The van der Waals surface area contributed by atoms with Gasteiger partial charge in [-0.2, -0.15) is 5.26 Å². The second-order valence-corrected chi connectivity index (χ2v) is 7.35. The molecular weight excluding hydrogens is 272 g/mol. The van der Waals surface area contributed by atoms with Gasteiger partial charge < -0.3 is 4.90 Å². The Kier molecular flexibility index (Phi) is 6.18. The van der Waals surface area contributed by atoms with Gasteiger partial charge in [-0.25, -0.2) is 8.42 Å². The van der Waals surface area contributed by atoms with Crippen molar-refractivity contribution in [1.82, 2.24) is 4.90 Å². The highest BCUT2D eigenvalue weighted by Gasteiger charge is 2.16. The molecule has 0 unspecified atom stereocenters. The molecule has 0 heterocycles. The Hall–Kier alpha value is -1.38. The van der Waals surface area contributed by atoms with Crippen LogP contribution in [0.3, 0.4) is 0 Å². The zero-order valence-electron chi connectivity index (χ0n) is 12.3. The molecule has 0 atom stereocenters. The van der Waals surface area contributed by atoms with Crippen LogP contribution in [0.4, 0.5) is 0 Å². The molecule has 110 valence electrons. The van der Waals surface area contributed by atoms with E-state index in [2.05, 4.69) is 18.7 Å². The van der Waals surface area contributed by atoms with E-state index in [-0.39, 0.29) is 10.6 Å². The summed E-state index contributed by atoms with van der Waals surface area (Å²) in [6.07, 6.45) is 0. The largest absolute Gasteiger partial charge is 0.302 e. The summed E-state index contributed by atoms with van der Waals surface area (Å²) in [4.78, 5) is 2.43. The molecule has 0 radical (unpaired) electrons. The first-order chi connectivity index (χ1) is 9.39. The minimum absolute atomic E-state index is 0.111. The molecule has 1 rings (SSSR count). The van der Waals surface area contributed by atoms with Crippen molar-refractivity contribution in [3.8, 4) is 6.07 Å². The van der Waals surface area contributed by atoms with Gasteiger partial charge in [-0.1, -0.05) is 20.8 Å². The van der Waals surface area contributed by atoms with Crippen LogP contribution in [-0.2, 0) is 9.84 Å². The number of nitrogens with zero attached hydrogens (tertiary/aromatic N) is 2. The third-order valence-corrected chi connectivity index (χ3v) is 4.80. The summed E-state index contributed by atoms with van der Waals surface area (Å²) >= 11 is 0. The highest BCUT2D eigenvalue weighted by Crippen LogP contribution is 2.12. The second kappa shape index (κ2) is 7.41. The molecule has 5 heteroatoms. The van der Waals surface area contributed by atoms with Crippen molar-refractivity contribution in [2.24, 2.45) is 5.92 Å². The molecule has 4 nitrogen and oxygen atoms in total. The average Bonchev–Trinajstić information content (AvgIpc) is 2.43. The molecule has 1 aromatic rings. The summed E-state index contributed by atoms with van der Waals surface area (Å²) < 4.78 is 24.5. The summed E-state index contributed by atoms with van der Waals surface area (Å²) in [6, 6.07) is 8.08. The van der Waals surface area contributed by atoms with E-state index in [1.54, 1.807) is 12.1 Å². The summed E-state index contributed by atoms with van der Waals surface area (Å²) in [5, 5.41) is 8.72. The third kappa shape index (κ3) is 4.95. The SMILES string of the molecule is CCN(CCS(=O)(=O)c1ccc(C#N)cc1)CC(C)C. The molecule has 0 aromatic heterocycles. The number of nitriles is 1. The minimum Gasteiger partial charge on any atom is -0.302 e. The first kappa shape index (κ1) is 16.7. The first-order valence-electron chi connectivity index (χ1n) is 6.84. The van der Waals surface area contributed by atoms with Gasteiger partial charge in [0.15, 0.2) is 9.84 Å². The maximum atomic E-state index is 12.2. The second-order valence-electron chi connectivity index (χ2n) is 5.24. The van der Waals surface area contributed by atoms with Gasteiger partial charge >= 0.3 is 0 Å². The Balaban J connectivity index is 2.71. The molecule has 20 heavy (non-hydrogen) atoms. The predicted octanol–water partition coefficient (Wildman–Crippen LogP) is 2.31. The zero-order chi connectivity index (χ0) is 15.2. The van der Waals surface area contributed by atoms with Crippen molar-refractivity contribution >= 4 is 9.84 Å². The van der Waals surface area contributed by atoms with Crippen molar-refractivity contribution in [2.45, 2.75) is 25.7 Å². The Bertz CT molecular complexity index is 557. The molecule has 0 saturated heterocycles. The minimum atomic E-state index is -3.28. The van der Waals surface area contributed by atoms with Crippen LogP contribution in [0.25, 0.3) is 0 Å². The molecule has 0 amide bonds. The lowest BCUT2D eigenvalue weighted by atomic mass is 10.2. The van der Waals surface area contributed by atoms with Gasteiger partial charge in [0, 0.05) is 13.1 Å². The molecule has 0 aliphatic heterocycles. The molecule has 0 fully saturated rings. The summed E-state index contributed by atoms with van der Waals surface area (Å²) in [5.74, 6) is 0.631. The van der Waals surface area contributed by atoms with Gasteiger partial charge in [0.25, 0.3) is 0 Å². The Labute approximate surface area is 121 Å². The van der Waals surface area contributed by atoms with E-state index in [1.807, 2.05) is 13.0 Å². The van der Waals surface area contributed by atoms with Gasteiger partial charge in [0.2, 0.25) is 0 Å². The van der Waals surface area contributed by atoms with Gasteiger partial charge in [-0.3, -0.25) is 0 Å². The maximum absolute atomic E-state index is 12.2. The van der Waals surface area contributed by atoms with Crippen LogP contribution < -0.4 is 0 Å². The standard InChI is InChI=1S/C15H22N2O2S/c1-4-17(12-13(2)3)9-10-20(18,19)15-7-5-14(11-16)6-8-15/h5-8,13H,4,9-10,12H2,1-3H3. The third-order valence-electron chi connectivity index (χ3n) is 3.09.